The molecule has 0 aliphatic carbocycles. The largest absolute Gasteiger partial charge is 0.470 e. The second-order valence-corrected chi connectivity index (χ2v) is 4.82. The summed E-state index contributed by atoms with van der Waals surface area (Å²) in [5, 5.41) is 0. The van der Waals surface area contributed by atoms with Crippen LogP contribution in [0.15, 0.2) is 30.3 Å². The molecule has 1 nitrogen and oxygen atoms in total. The zero-order valence-corrected chi connectivity index (χ0v) is 7.52. The molecule has 1 aromatic rings. The van der Waals surface area contributed by atoms with Crippen molar-refractivity contribution in [1.82, 2.24) is 0 Å². The summed E-state index contributed by atoms with van der Waals surface area (Å²) in [6, 6.07) is 9.67. The van der Waals surface area contributed by atoms with Crippen LogP contribution in [-0.4, -0.2) is 6.66 Å². The third kappa shape index (κ3) is 2.51. The summed E-state index contributed by atoms with van der Waals surface area (Å²) in [6.07, 6.45) is 0. The molecule has 0 radical (unpaired) electrons. The van der Waals surface area contributed by atoms with Gasteiger partial charge >= 0.3 is 0 Å². The number of hydrogen-bond donors (Lipinski definition) is 0. The molecular formula is C7H9OPS. The Bertz CT molecular complexity index is 222. The Morgan fingerprint density at radius 2 is 1.90 bits per heavy atom. The molecule has 0 spiro atoms. The highest BCUT2D eigenvalue weighted by molar-refractivity contribution is 8.02. The van der Waals surface area contributed by atoms with E-state index in [1.807, 2.05) is 37.0 Å². The van der Waals surface area contributed by atoms with Gasteiger partial charge in [-0.1, -0.05) is 30.0 Å². The maximum Gasteiger partial charge on any atom is 0.123 e. The van der Waals surface area contributed by atoms with Gasteiger partial charge in [-0.15, -0.1) is 0 Å². The summed E-state index contributed by atoms with van der Waals surface area (Å²) >= 11 is 4.94. The molecule has 0 saturated carbocycles. The highest BCUT2D eigenvalue weighted by Gasteiger charge is 1.88. The van der Waals surface area contributed by atoms with Crippen LogP contribution in [0, 0.1) is 0 Å². The van der Waals surface area contributed by atoms with Crippen molar-refractivity contribution in [3.63, 3.8) is 0 Å². The van der Waals surface area contributed by atoms with Crippen LogP contribution in [0.25, 0.3) is 0 Å². The van der Waals surface area contributed by atoms with Crippen molar-refractivity contribution in [2.45, 2.75) is 0 Å². The van der Waals surface area contributed by atoms with Gasteiger partial charge in [0.05, 0.1) is 0 Å². The van der Waals surface area contributed by atoms with E-state index >= 15 is 0 Å². The Balaban J connectivity index is 2.67. The van der Waals surface area contributed by atoms with Crippen molar-refractivity contribution in [1.29, 1.82) is 0 Å². The predicted molar refractivity (Wildman–Crippen MR) is 48.7 cm³/mol. The van der Waals surface area contributed by atoms with Crippen molar-refractivity contribution < 1.29 is 4.52 Å². The van der Waals surface area contributed by atoms with E-state index in [2.05, 4.69) is 0 Å². The Hall–Kier alpha value is -0.330. The first-order valence-corrected chi connectivity index (χ1v) is 6.06. The van der Waals surface area contributed by atoms with E-state index in [0.717, 1.165) is 5.75 Å². The van der Waals surface area contributed by atoms with Gasteiger partial charge in [0.25, 0.3) is 0 Å². The zero-order valence-electron chi connectivity index (χ0n) is 5.70. The minimum atomic E-state index is -1.00. The van der Waals surface area contributed by atoms with Crippen LogP contribution in [0.5, 0.6) is 5.75 Å². The summed E-state index contributed by atoms with van der Waals surface area (Å²) in [5.74, 6) is 0.883. The lowest BCUT2D eigenvalue weighted by atomic mass is 10.3. The number of hydrogen-bond acceptors (Lipinski definition) is 2. The molecule has 0 amide bonds. The SMILES string of the molecule is C[PH](=S)Oc1ccccc1. The van der Waals surface area contributed by atoms with Gasteiger partial charge in [-0.25, -0.2) is 0 Å². The second-order valence-electron chi connectivity index (χ2n) is 1.91. The van der Waals surface area contributed by atoms with Gasteiger partial charge in [0.2, 0.25) is 0 Å². The first-order valence-electron chi connectivity index (χ1n) is 3.02. The molecule has 10 heavy (non-hydrogen) atoms. The van der Waals surface area contributed by atoms with E-state index < -0.39 is 6.92 Å². The Morgan fingerprint density at radius 3 is 2.40 bits per heavy atom. The van der Waals surface area contributed by atoms with E-state index in [4.69, 9.17) is 16.3 Å². The quantitative estimate of drug-likeness (QED) is 0.633. The molecule has 0 fully saturated rings. The minimum absolute atomic E-state index is 0.883. The highest BCUT2D eigenvalue weighted by Crippen LogP contribution is 2.21. The topological polar surface area (TPSA) is 9.23 Å². The average molecular weight is 172 g/mol. The van der Waals surface area contributed by atoms with E-state index in [-0.39, 0.29) is 0 Å². The number of rotatable bonds is 2. The molecule has 0 heterocycles. The van der Waals surface area contributed by atoms with Gasteiger partial charge in [0, 0.05) is 0 Å². The molecular weight excluding hydrogens is 163 g/mol. The maximum absolute atomic E-state index is 5.33. The van der Waals surface area contributed by atoms with Gasteiger partial charge in [-0.3, -0.25) is 0 Å². The molecule has 0 saturated heterocycles. The lowest BCUT2D eigenvalue weighted by Gasteiger charge is -2.01. The van der Waals surface area contributed by atoms with Crippen molar-refractivity contribution in [2.24, 2.45) is 0 Å². The van der Waals surface area contributed by atoms with E-state index in [1.165, 1.54) is 0 Å². The molecule has 1 rings (SSSR count). The molecule has 0 bridgehead atoms. The van der Waals surface area contributed by atoms with Crippen LogP contribution < -0.4 is 4.52 Å². The van der Waals surface area contributed by atoms with Gasteiger partial charge < -0.3 is 4.52 Å². The number of benzene rings is 1. The molecule has 3 heteroatoms. The van der Waals surface area contributed by atoms with Crippen LogP contribution >= 0.6 is 6.92 Å². The molecule has 0 aliphatic rings. The van der Waals surface area contributed by atoms with Crippen LogP contribution in [0.2, 0.25) is 0 Å². The normalized spacial score (nSPS) is 12.5. The van der Waals surface area contributed by atoms with Gasteiger partial charge in [0.1, 0.15) is 12.7 Å². The molecule has 0 aromatic heterocycles. The van der Waals surface area contributed by atoms with Gasteiger partial charge in [-0.2, -0.15) is 0 Å². The minimum Gasteiger partial charge on any atom is -0.470 e. The fraction of sp³-hybridized carbons (Fsp3) is 0.143. The third-order valence-corrected chi connectivity index (χ3v) is 1.78. The Morgan fingerprint density at radius 1 is 1.30 bits per heavy atom. The van der Waals surface area contributed by atoms with Crippen molar-refractivity contribution >= 4 is 18.7 Å². The predicted octanol–water partition coefficient (Wildman–Crippen LogP) is 2.29. The zero-order chi connectivity index (χ0) is 7.40. The first-order chi connectivity index (χ1) is 4.79. The lowest BCUT2D eigenvalue weighted by molar-refractivity contribution is 0.634. The Labute approximate surface area is 66.5 Å². The van der Waals surface area contributed by atoms with E-state index in [0.29, 0.717) is 0 Å². The monoisotopic (exact) mass is 172 g/mol. The first kappa shape index (κ1) is 7.77. The van der Waals surface area contributed by atoms with E-state index in [1.54, 1.807) is 0 Å². The maximum atomic E-state index is 5.33. The molecule has 54 valence electrons. The van der Waals surface area contributed by atoms with E-state index in [9.17, 15) is 0 Å². The van der Waals surface area contributed by atoms with Crippen molar-refractivity contribution in [3.8, 4) is 5.75 Å². The van der Waals surface area contributed by atoms with Crippen molar-refractivity contribution in [2.75, 3.05) is 6.66 Å². The Kier molecular flexibility index (Phi) is 2.91. The molecule has 0 aliphatic heterocycles. The van der Waals surface area contributed by atoms with Crippen LogP contribution in [-0.2, 0) is 11.8 Å². The summed E-state index contributed by atoms with van der Waals surface area (Å²) < 4.78 is 5.33. The second kappa shape index (κ2) is 3.75. The summed E-state index contributed by atoms with van der Waals surface area (Å²) in [6.45, 7) is 0.934. The summed E-state index contributed by atoms with van der Waals surface area (Å²) in [5.41, 5.74) is 0. The fourth-order valence-electron chi connectivity index (χ4n) is 0.655. The van der Waals surface area contributed by atoms with Crippen LogP contribution in [0.1, 0.15) is 0 Å². The molecule has 0 N–H and O–H groups in total. The number of para-hydroxylation sites is 1. The third-order valence-electron chi connectivity index (χ3n) is 1.00. The molecule has 1 unspecified atom stereocenters. The van der Waals surface area contributed by atoms with Crippen LogP contribution in [0.4, 0.5) is 0 Å². The summed E-state index contributed by atoms with van der Waals surface area (Å²) in [7, 11) is 0. The van der Waals surface area contributed by atoms with Gasteiger partial charge in [0.15, 0.2) is 0 Å². The highest BCUT2D eigenvalue weighted by atomic mass is 32.4. The van der Waals surface area contributed by atoms with Gasteiger partial charge in [-0.05, 0) is 18.8 Å². The smallest absolute Gasteiger partial charge is 0.123 e. The molecule has 1 aromatic carbocycles. The van der Waals surface area contributed by atoms with Crippen molar-refractivity contribution in [3.05, 3.63) is 30.3 Å². The summed E-state index contributed by atoms with van der Waals surface area (Å²) in [4.78, 5) is 0. The molecule has 1 atom stereocenters. The fourth-order valence-corrected chi connectivity index (χ4v) is 1.41. The lowest BCUT2D eigenvalue weighted by Crippen LogP contribution is -1.76. The van der Waals surface area contributed by atoms with Crippen LogP contribution in [0.3, 0.4) is 0 Å². The average Bonchev–Trinajstić information content (AvgIpc) is 1.88. The standard InChI is InChI=1S/C7H9OPS/c1-9(10)8-7-5-3-2-4-6-7/h2-6,9H,1H3.